The Balaban J connectivity index is 2.52. The highest BCUT2D eigenvalue weighted by atomic mass is 19.3. The summed E-state index contributed by atoms with van der Waals surface area (Å²) in [5.41, 5.74) is -0.625. The first kappa shape index (κ1) is 11.0. The van der Waals surface area contributed by atoms with Gasteiger partial charge in [0.05, 0.1) is 13.7 Å². The van der Waals surface area contributed by atoms with E-state index in [4.69, 9.17) is 0 Å². The minimum Gasteiger partial charge on any atom is -0.464 e. The van der Waals surface area contributed by atoms with E-state index in [0.29, 0.717) is 25.5 Å². The molecule has 0 amide bonds. The van der Waals surface area contributed by atoms with Crippen molar-refractivity contribution in [3.05, 3.63) is 17.2 Å². The maximum Gasteiger partial charge on any atom is 0.356 e. The Hall–Kier alpha value is -1.50. The van der Waals surface area contributed by atoms with Gasteiger partial charge < -0.3 is 14.6 Å². The van der Waals surface area contributed by atoms with Crippen LogP contribution in [0.5, 0.6) is 0 Å². The second-order valence-electron chi connectivity index (χ2n) is 3.38. The number of imidazole rings is 1. The number of rotatable bonds is 2. The Morgan fingerprint density at radius 3 is 3.00 bits per heavy atom. The largest absolute Gasteiger partial charge is 0.464 e. The molecule has 0 spiro atoms. The van der Waals surface area contributed by atoms with Crippen molar-refractivity contribution in [2.75, 3.05) is 13.7 Å². The molecule has 0 unspecified atom stereocenters. The number of methoxy groups -OCH3 is 1. The Morgan fingerprint density at radius 2 is 2.38 bits per heavy atom. The number of nitrogens with zero attached hydrogens (tertiary/aromatic N) is 2. The summed E-state index contributed by atoms with van der Waals surface area (Å²) in [7, 11) is 1.17. The van der Waals surface area contributed by atoms with Crippen LogP contribution in [0.3, 0.4) is 0 Å². The summed E-state index contributed by atoms with van der Waals surface area (Å²) >= 11 is 0. The maximum atomic E-state index is 12.7. The van der Waals surface area contributed by atoms with Crippen LogP contribution in [0.25, 0.3) is 0 Å². The first-order chi connectivity index (χ1) is 7.65. The van der Waals surface area contributed by atoms with E-state index in [1.807, 2.05) is 0 Å². The highest BCUT2D eigenvalue weighted by molar-refractivity contribution is 5.89. The predicted octanol–water partition coefficient (Wildman–Crippen LogP) is 0.711. The summed E-state index contributed by atoms with van der Waals surface area (Å²) < 4.78 is 31.4. The zero-order chi connectivity index (χ0) is 11.7. The van der Waals surface area contributed by atoms with Crippen LogP contribution < -0.4 is 5.32 Å². The number of aromatic nitrogens is 2. The standard InChI is InChI=1S/C9H11F2N3O2/c1-16-9(15)7-6(8(10)11)13-5-4-12-2-3-14(5)7/h8,12H,2-4H2,1H3. The van der Waals surface area contributed by atoms with Crippen molar-refractivity contribution in [1.29, 1.82) is 0 Å². The fourth-order valence-corrected chi connectivity index (χ4v) is 1.75. The van der Waals surface area contributed by atoms with Crippen molar-refractivity contribution < 1.29 is 18.3 Å². The normalized spacial score (nSPS) is 15.0. The topological polar surface area (TPSA) is 56.1 Å². The summed E-state index contributed by atoms with van der Waals surface area (Å²) in [5.74, 6) is -0.321. The average molecular weight is 231 g/mol. The number of carbonyl (C=O) groups excluding carboxylic acids is 1. The molecule has 2 heterocycles. The van der Waals surface area contributed by atoms with E-state index in [1.165, 1.54) is 11.7 Å². The molecule has 0 saturated carbocycles. The fourth-order valence-electron chi connectivity index (χ4n) is 1.75. The van der Waals surface area contributed by atoms with Gasteiger partial charge in [0.15, 0.2) is 5.69 Å². The lowest BCUT2D eigenvalue weighted by molar-refractivity contribution is 0.0574. The molecule has 7 heteroatoms. The molecule has 5 nitrogen and oxygen atoms in total. The van der Waals surface area contributed by atoms with Gasteiger partial charge in [0.2, 0.25) is 0 Å². The third-order valence-electron chi connectivity index (χ3n) is 2.45. The summed E-state index contributed by atoms with van der Waals surface area (Å²) in [6, 6.07) is 0. The van der Waals surface area contributed by atoms with E-state index < -0.39 is 18.1 Å². The molecule has 1 aromatic rings. The van der Waals surface area contributed by atoms with Crippen LogP contribution in [-0.2, 0) is 17.8 Å². The second kappa shape index (κ2) is 4.17. The zero-order valence-electron chi connectivity index (χ0n) is 8.67. The van der Waals surface area contributed by atoms with Crippen LogP contribution in [-0.4, -0.2) is 29.2 Å². The van der Waals surface area contributed by atoms with Gasteiger partial charge in [0, 0.05) is 13.1 Å². The van der Waals surface area contributed by atoms with Crippen LogP contribution in [0, 0.1) is 0 Å². The van der Waals surface area contributed by atoms with Gasteiger partial charge in [0.25, 0.3) is 6.43 Å². The third kappa shape index (κ3) is 1.67. The number of hydrogen-bond donors (Lipinski definition) is 1. The van der Waals surface area contributed by atoms with Crippen molar-refractivity contribution in [3.63, 3.8) is 0 Å². The SMILES string of the molecule is COC(=O)c1c(C(F)F)nc2n1CCNC2. The number of hydrogen-bond acceptors (Lipinski definition) is 4. The number of halogens is 2. The quantitative estimate of drug-likeness (QED) is 0.761. The molecule has 0 aromatic carbocycles. The minimum absolute atomic E-state index is 0.131. The summed E-state index contributed by atoms with van der Waals surface area (Å²) in [6.45, 7) is 1.45. The van der Waals surface area contributed by atoms with E-state index in [-0.39, 0.29) is 5.69 Å². The third-order valence-corrected chi connectivity index (χ3v) is 2.45. The molecule has 16 heavy (non-hydrogen) atoms. The summed E-state index contributed by atoms with van der Waals surface area (Å²) in [5, 5.41) is 3.00. The summed E-state index contributed by atoms with van der Waals surface area (Å²) in [6.07, 6.45) is -2.77. The van der Waals surface area contributed by atoms with Crippen molar-refractivity contribution in [1.82, 2.24) is 14.9 Å². The zero-order valence-corrected chi connectivity index (χ0v) is 8.67. The van der Waals surface area contributed by atoms with Gasteiger partial charge in [-0.3, -0.25) is 0 Å². The molecule has 0 fully saturated rings. The number of esters is 1. The second-order valence-corrected chi connectivity index (χ2v) is 3.38. The van der Waals surface area contributed by atoms with Crippen molar-refractivity contribution in [2.24, 2.45) is 0 Å². The number of fused-ring (bicyclic) bond motifs is 1. The van der Waals surface area contributed by atoms with Crippen LogP contribution in [0.2, 0.25) is 0 Å². The average Bonchev–Trinajstić information content (AvgIpc) is 2.67. The highest BCUT2D eigenvalue weighted by Crippen LogP contribution is 2.25. The monoisotopic (exact) mass is 231 g/mol. The van der Waals surface area contributed by atoms with Crippen molar-refractivity contribution >= 4 is 5.97 Å². The smallest absolute Gasteiger partial charge is 0.356 e. The van der Waals surface area contributed by atoms with Crippen molar-refractivity contribution in [2.45, 2.75) is 19.5 Å². The van der Waals surface area contributed by atoms with E-state index in [2.05, 4.69) is 15.0 Å². The molecular weight excluding hydrogens is 220 g/mol. The Labute approximate surface area is 90.4 Å². The van der Waals surface area contributed by atoms with Gasteiger partial charge in [-0.25, -0.2) is 18.6 Å². The molecule has 0 saturated heterocycles. The van der Waals surface area contributed by atoms with Crippen LogP contribution in [0.1, 0.15) is 28.4 Å². The predicted molar refractivity (Wildman–Crippen MR) is 50.2 cm³/mol. The summed E-state index contributed by atoms with van der Waals surface area (Å²) in [4.78, 5) is 15.2. The Bertz CT molecular complexity index is 417. The lowest BCUT2D eigenvalue weighted by Gasteiger charge is -2.16. The molecule has 0 radical (unpaired) electrons. The lowest BCUT2D eigenvalue weighted by Crippen LogP contribution is -2.30. The molecule has 1 N–H and O–H groups in total. The minimum atomic E-state index is -2.77. The van der Waals surface area contributed by atoms with E-state index in [9.17, 15) is 13.6 Å². The molecule has 1 aliphatic heterocycles. The molecular formula is C9H11F2N3O2. The Morgan fingerprint density at radius 1 is 1.62 bits per heavy atom. The van der Waals surface area contributed by atoms with Gasteiger partial charge in [-0.15, -0.1) is 0 Å². The van der Waals surface area contributed by atoms with Crippen LogP contribution in [0.15, 0.2) is 0 Å². The van der Waals surface area contributed by atoms with Gasteiger partial charge >= 0.3 is 5.97 Å². The molecule has 0 aliphatic carbocycles. The maximum absolute atomic E-state index is 12.7. The van der Waals surface area contributed by atoms with Crippen molar-refractivity contribution in [3.8, 4) is 0 Å². The molecule has 88 valence electrons. The highest BCUT2D eigenvalue weighted by Gasteiger charge is 2.29. The van der Waals surface area contributed by atoms with Crippen LogP contribution in [0.4, 0.5) is 8.78 Å². The lowest BCUT2D eigenvalue weighted by atomic mass is 10.3. The number of nitrogens with one attached hydrogen (secondary N) is 1. The van der Waals surface area contributed by atoms with Gasteiger partial charge in [-0.05, 0) is 0 Å². The molecule has 0 atom stereocenters. The van der Waals surface area contributed by atoms with E-state index in [1.54, 1.807) is 0 Å². The van der Waals surface area contributed by atoms with E-state index in [0.717, 1.165) is 0 Å². The molecule has 1 aliphatic rings. The first-order valence-electron chi connectivity index (χ1n) is 4.81. The van der Waals surface area contributed by atoms with Gasteiger partial charge in [-0.1, -0.05) is 0 Å². The Kier molecular flexibility index (Phi) is 2.86. The van der Waals surface area contributed by atoms with Gasteiger partial charge in [-0.2, -0.15) is 0 Å². The number of alkyl halides is 2. The molecule has 0 bridgehead atoms. The van der Waals surface area contributed by atoms with Crippen LogP contribution >= 0.6 is 0 Å². The van der Waals surface area contributed by atoms with E-state index >= 15 is 0 Å². The number of carbonyl (C=O) groups is 1. The molecule has 2 rings (SSSR count). The molecule has 1 aromatic heterocycles. The fraction of sp³-hybridized carbons (Fsp3) is 0.556. The van der Waals surface area contributed by atoms with Gasteiger partial charge in [0.1, 0.15) is 11.5 Å². The first-order valence-corrected chi connectivity index (χ1v) is 4.81. The number of ether oxygens (including phenoxy) is 1.